The number of carbonyl (C=O) groups is 2. The molecule has 2 fully saturated rings. The third-order valence-electron chi connectivity index (χ3n) is 4.24. The molecule has 0 bridgehead atoms. The van der Waals surface area contributed by atoms with E-state index in [2.05, 4.69) is 0 Å². The van der Waals surface area contributed by atoms with E-state index in [0.29, 0.717) is 25.9 Å². The Morgan fingerprint density at radius 1 is 1.10 bits per heavy atom. The van der Waals surface area contributed by atoms with Crippen molar-refractivity contribution in [2.75, 3.05) is 26.2 Å². The topological polar surface area (TPSA) is 90.4 Å². The highest BCUT2D eigenvalue weighted by atomic mass is 16.2. The summed E-state index contributed by atoms with van der Waals surface area (Å²) in [5.41, 5.74) is 5.49. The molecule has 2 saturated heterocycles. The summed E-state index contributed by atoms with van der Waals surface area (Å²) in [4.78, 5) is 27.1. The van der Waals surface area contributed by atoms with Crippen LogP contribution in [0, 0.1) is 17.2 Å². The van der Waals surface area contributed by atoms with Gasteiger partial charge in [-0.25, -0.2) is 0 Å². The van der Waals surface area contributed by atoms with Crippen molar-refractivity contribution in [2.24, 2.45) is 11.7 Å². The highest BCUT2D eigenvalue weighted by molar-refractivity contribution is 5.97. The maximum atomic E-state index is 12.3. The Morgan fingerprint density at radius 3 is 2.24 bits per heavy atom. The van der Waals surface area contributed by atoms with Gasteiger partial charge in [-0.15, -0.1) is 0 Å². The second-order valence-corrected chi connectivity index (χ2v) is 5.72. The van der Waals surface area contributed by atoms with E-state index in [0.717, 1.165) is 32.4 Å². The van der Waals surface area contributed by atoms with E-state index in [-0.39, 0.29) is 23.3 Å². The number of nitrogens with zero attached hydrogens (tertiary/aromatic N) is 3. The van der Waals surface area contributed by atoms with Crippen LogP contribution in [0.25, 0.3) is 0 Å². The number of rotatable bonds is 3. The number of amides is 2. The number of nitrogens with two attached hydrogens (primary N) is 1. The lowest BCUT2D eigenvalue weighted by atomic mass is 9.96. The molecule has 21 heavy (non-hydrogen) atoms. The Labute approximate surface area is 125 Å². The first-order valence-electron chi connectivity index (χ1n) is 7.56. The molecule has 0 unspecified atom stereocenters. The van der Waals surface area contributed by atoms with E-state index in [1.54, 1.807) is 11.1 Å². The van der Waals surface area contributed by atoms with Gasteiger partial charge < -0.3 is 15.5 Å². The minimum Gasteiger partial charge on any atom is -0.376 e. The Bertz CT molecular complexity index is 467. The number of hydrogen-bond donors (Lipinski definition) is 1. The molecule has 2 aliphatic rings. The molecule has 2 aliphatic heterocycles. The maximum absolute atomic E-state index is 12.3. The lowest BCUT2D eigenvalue weighted by Crippen LogP contribution is -2.38. The summed E-state index contributed by atoms with van der Waals surface area (Å²) in [6.07, 6.45) is 6.18. The molecule has 0 saturated carbocycles. The van der Waals surface area contributed by atoms with Gasteiger partial charge in [-0.1, -0.05) is 0 Å². The fourth-order valence-electron chi connectivity index (χ4n) is 2.89. The van der Waals surface area contributed by atoms with Gasteiger partial charge in [0.15, 0.2) is 0 Å². The summed E-state index contributed by atoms with van der Waals surface area (Å²) >= 11 is 0. The van der Waals surface area contributed by atoms with E-state index in [1.807, 2.05) is 11.0 Å². The van der Waals surface area contributed by atoms with Gasteiger partial charge in [-0.2, -0.15) is 5.26 Å². The highest BCUT2D eigenvalue weighted by Crippen LogP contribution is 2.18. The van der Waals surface area contributed by atoms with Crippen LogP contribution in [-0.4, -0.2) is 47.8 Å². The third-order valence-corrected chi connectivity index (χ3v) is 4.24. The molecule has 2 N–H and O–H groups in total. The molecule has 0 radical (unpaired) electrons. The van der Waals surface area contributed by atoms with E-state index in [1.165, 1.54) is 0 Å². The first kappa shape index (κ1) is 15.4. The van der Waals surface area contributed by atoms with Gasteiger partial charge in [0.2, 0.25) is 5.91 Å². The van der Waals surface area contributed by atoms with Gasteiger partial charge in [0.1, 0.15) is 11.6 Å². The zero-order valence-electron chi connectivity index (χ0n) is 12.3. The molecule has 114 valence electrons. The van der Waals surface area contributed by atoms with Gasteiger partial charge in [-0.05, 0) is 32.1 Å². The summed E-state index contributed by atoms with van der Waals surface area (Å²) in [6, 6.07) is 2.02. The van der Waals surface area contributed by atoms with Gasteiger partial charge in [0, 0.05) is 38.3 Å². The quantitative estimate of drug-likeness (QED) is 0.609. The van der Waals surface area contributed by atoms with E-state index in [9.17, 15) is 14.9 Å². The molecular formula is C15H22N4O2. The van der Waals surface area contributed by atoms with Gasteiger partial charge in [-0.3, -0.25) is 9.59 Å². The smallest absolute Gasteiger partial charge is 0.266 e. The van der Waals surface area contributed by atoms with Crippen molar-refractivity contribution in [1.82, 2.24) is 9.80 Å². The van der Waals surface area contributed by atoms with E-state index >= 15 is 0 Å². The van der Waals surface area contributed by atoms with Crippen molar-refractivity contribution in [3.63, 3.8) is 0 Å². The fraction of sp³-hybridized carbons (Fsp3) is 0.667. The van der Waals surface area contributed by atoms with Gasteiger partial charge in [0.25, 0.3) is 5.91 Å². The zero-order valence-corrected chi connectivity index (χ0v) is 12.3. The molecule has 2 rings (SSSR count). The molecule has 0 aromatic rings. The number of nitriles is 1. The summed E-state index contributed by atoms with van der Waals surface area (Å²) in [5.74, 6) is -0.518. The zero-order chi connectivity index (χ0) is 15.2. The Morgan fingerprint density at radius 2 is 1.71 bits per heavy atom. The molecule has 0 aromatic heterocycles. The summed E-state index contributed by atoms with van der Waals surface area (Å²) < 4.78 is 0. The Kier molecular flexibility index (Phi) is 5.20. The normalized spacial score (nSPS) is 21.0. The molecule has 2 amide bonds. The SMILES string of the molecule is N#C/C(=C/N1CCC(C(N)=O)CC1)C(=O)N1CCCCC1. The minimum atomic E-state index is -0.261. The van der Waals surface area contributed by atoms with E-state index in [4.69, 9.17) is 5.73 Å². The van der Waals surface area contributed by atoms with Crippen LogP contribution in [-0.2, 0) is 9.59 Å². The number of carbonyl (C=O) groups excluding carboxylic acids is 2. The lowest BCUT2D eigenvalue weighted by Gasteiger charge is -2.30. The second kappa shape index (κ2) is 7.11. The van der Waals surface area contributed by atoms with Gasteiger partial charge in [0.05, 0.1) is 0 Å². The second-order valence-electron chi connectivity index (χ2n) is 5.72. The predicted octanol–water partition coefficient (Wildman–Crippen LogP) is 0.604. The first-order chi connectivity index (χ1) is 10.1. The predicted molar refractivity (Wildman–Crippen MR) is 77.6 cm³/mol. The average Bonchev–Trinajstić information content (AvgIpc) is 2.53. The Balaban J connectivity index is 1.96. The fourth-order valence-corrected chi connectivity index (χ4v) is 2.89. The number of hydrogen-bond acceptors (Lipinski definition) is 4. The molecule has 6 nitrogen and oxygen atoms in total. The van der Waals surface area contributed by atoms with Crippen LogP contribution in [0.5, 0.6) is 0 Å². The third kappa shape index (κ3) is 3.97. The van der Waals surface area contributed by atoms with Crippen molar-refractivity contribution in [2.45, 2.75) is 32.1 Å². The van der Waals surface area contributed by atoms with Crippen molar-refractivity contribution >= 4 is 11.8 Å². The molecule has 2 heterocycles. The van der Waals surface area contributed by atoms with Crippen LogP contribution in [0.15, 0.2) is 11.8 Å². The largest absolute Gasteiger partial charge is 0.376 e. The molecular weight excluding hydrogens is 268 g/mol. The van der Waals surface area contributed by atoms with Crippen LogP contribution < -0.4 is 5.73 Å². The van der Waals surface area contributed by atoms with Gasteiger partial charge >= 0.3 is 0 Å². The summed E-state index contributed by atoms with van der Waals surface area (Å²) in [5, 5.41) is 9.23. The molecule has 0 spiro atoms. The minimum absolute atomic E-state index is 0.0852. The van der Waals surface area contributed by atoms with Crippen LogP contribution in [0.3, 0.4) is 0 Å². The first-order valence-corrected chi connectivity index (χ1v) is 7.56. The van der Waals surface area contributed by atoms with Crippen molar-refractivity contribution < 1.29 is 9.59 Å². The number of piperidine rings is 2. The van der Waals surface area contributed by atoms with Crippen molar-refractivity contribution in [1.29, 1.82) is 5.26 Å². The monoisotopic (exact) mass is 290 g/mol. The summed E-state index contributed by atoms with van der Waals surface area (Å²) in [7, 11) is 0. The van der Waals surface area contributed by atoms with Crippen molar-refractivity contribution in [3.8, 4) is 6.07 Å². The molecule has 0 atom stereocenters. The Hall–Kier alpha value is -2.03. The maximum Gasteiger partial charge on any atom is 0.266 e. The highest BCUT2D eigenvalue weighted by Gasteiger charge is 2.24. The van der Waals surface area contributed by atoms with Crippen LogP contribution in [0.2, 0.25) is 0 Å². The number of primary amides is 1. The average molecular weight is 290 g/mol. The molecule has 0 aliphatic carbocycles. The van der Waals surface area contributed by atoms with Crippen LogP contribution in [0.1, 0.15) is 32.1 Å². The van der Waals surface area contributed by atoms with E-state index < -0.39 is 0 Å². The van der Waals surface area contributed by atoms with Crippen molar-refractivity contribution in [3.05, 3.63) is 11.8 Å². The lowest BCUT2D eigenvalue weighted by molar-refractivity contribution is -0.127. The van der Waals surface area contributed by atoms with Crippen LogP contribution in [0.4, 0.5) is 0 Å². The summed E-state index contributed by atoms with van der Waals surface area (Å²) in [6.45, 7) is 2.79. The van der Waals surface area contributed by atoms with Crippen LogP contribution >= 0.6 is 0 Å². The standard InChI is InChI=1S/C15H22N4O2/c16-10-13(15(21)19-6-2-1-3-7-19)11-18-8-4-12(5-9-18)14(17)20/h11-12H,1-9H2,(H2,17,20)/b13-11-. The molecule has 6 heteroatoms. The molecule has 0 aromatic carbocycles. The number of likely N-dealkylation sites (tertiary alicyclic amines) is 2.